The highest BCUT2D eigenvalue weighted by Crippen LogP contribution is 2.47. The van der Waals surface area contributed by atoms with Crippen molar-refractivity contribution in [2.75, 3.05) is 26.9 Å². The number of ketones is 1. The zero-order chi connectivity index (χ0) is 25.7. The molecule has 8 heteroatoms. The first-order valence-electron chi connectivity index (χ1n) is 12.0. The highest BCUT2D eigenvalue weighted by Gasteiger charge is 2.47. The molecule has 0 amide bonds. The van der Waals surface area contributed by atoms with E-state index in [-0.39, 0.29) is 31.0 Å². The number of methoxy groups -OCH3 is 1. The number of benzene rings is 1. The Morgan fingerprint density at radius 2 is 1.89 bits per heavy atom. The van der Waals surface area contributed by atoms with Crippen molar-refractivity contribution < 1.29 is 33.3 Å². The second-order valence-electron chi connectivity index (χ2n) is 9.07. The van der Waals surface area contributed by atoms with Crippen LogP contribution in [0.1, 0.15) is 52.5 Å². The summed E-state index contributed by atoms with van der Waals surface area (Å²) in [5.74, 6) is -2.87. The molecule has 0 spiro atoms. The van der Waals surface area contributed by atoms with Crippen LogP contribution in [0.5, 0.6) is 5.75 Å². The van der Waals surface area contributed by atoms with Crippen LogP contribution in [0.2, 0.25) is 0 Å². The highest BCUT2D eigenvalue weighted by atomic mass is 16.6. The molecule has 1 heterocycles. The Balaban J connectivity index is 2.14. The van der Waals surface area contributed by atoms with E-state index in [0.29, 0.717) is 46.9 Å². The van der Waals surface area contributed by atoms with Crippen molar-refractivity contribution in [3.63, 3.8) is 0 Å². The van der Waals surface area contributed by atoms with Crippen molar-refractivity contribution in [3.8, 4) is 5.75 Å². The van der Waals surface area contributed by atoms with Crippen LogP contribution in [0.4, 0.5) is 0 Å². The average molecular weight is 486 g/mol. The summed E-state index contributed by atoms with van der Waals surface area (Å²) < 4.78 is 21.8. The molecule has 0 fully saturated rings. The number of allylic oxidation sites excluding steroid dienone is 3. The molecule has 3 rings (SSSR count). The lowest BCUT2D eigenvalue weighted by Gasteiger charge is -2.38. The third-order valence-electron chi connectivity index (χ3n) is 6.22. The van der Waals surface area contributed by atoms with Gasteiger partial charge in [-0.15, -0.1) is 0 Å². The quantitative estimate of drug-likeness (QED) is 0.321. The lowest BCUT2D eigenvalue weighted by molar-refractivity contribution is -0.151. The van der Waals surface area contributed by atoms with Gasteiger partial charge in [0.15, 0.2) is 5.78 Å². The molecule has 2 aliphatic rings. The Morgan fingerprint density at radius 1 is 1.17 bits per heavy atom. The van der Waals surface area contributed by atoms with Gasteiger partial charge in [-0.2, -0.15) is 0 Å². The average Bonchev–Trinajstić information content (AvgIpc) is 2.80. The Labute approximate surface area is 206 Å². The first-order chi connectivity index (χ1) is 16.7. The van der Waals surface area contributed by atoms with E-state index < -0.39 is 23.8 Å². The Kier molecular flexibility index (Phi) is 8.72. The molecule has 1 aromatic rings. The SMILES string of the molecule is CCOCCOC(=O)C1=C(C)NC2=C(C(=O)[C@@H](C(=O)OC)[C@H](C)C2)[C@@H]1c1ccccc1OC(C)C. The molecule has 3 atom stereocenters. The summed E-state index contributed by atoms with van der Waals surface area (Å²) in [5.41, 5.74) is 2.66. The highest BCUT2D eigenvalue weighted by molar-refractivity contribution is 6.12. The van der Waals surface area contributed by atoms with Crippen molar-refractivity contribution >= 4 is 17.7 Å². The van der Waals surface area contributed by atoms with Crippen LogP contribution >= 0.6 is 0 Å². The van der Waals surface area contributed by atoms with E-state index in [0.717, 1.165) is 0 Å². The van der Waals surface area contributed by atoms with Crippen LogP contribution in [-0.2, 0) is 28.6 Å². The molecule has 1 aliphatic carbocycles. The summed E-state index contributed by atoms with van der Waals surface area (Å²) in [6.07, 6.45) is 0.344. The molecule has 1 N–H and O–H groups in total. The van der Waals surface area contributed by atoms with Gasteiger partial charge in [-0.1, -0.05) is 25.1 Å². The molecule has 1 aliphatic heterocycles. The van der Waals surface area contributed by atoms with Crippen molar-refractivity contribution in [1.82, 2.24) is 5.32 Å². The van der Waals surface area contributed by atoms with Crippen LogP contribution in [0.25, 0.3) is 0 Å². The fourth-order valence-corrected chi connectivity index (χ4v) is 4.76. The number of esters is 2. The minimum atomic E-state index is -0.949. The van der Waals surface area contributed by atoms with Gasteiger partial charge in [0.1, 0.15) is 18.3 Å². The van der Waals surface area contributed by atoms with Crippen LogP contribution in [0.15, 0.2) is 46.8 Å². The van der Waals surface area contributed by atoms with E-state index in [9.17, 15) is 14.4 Å². The number of nitrogens with one attached hydrogen (secondary N) is 1. The monoisotopic (exact) mass is 485 g/mol. The van der Waals surface area contributed by atoms with Crippen LogP contribution in [-0.4, -0.2) is 50.8 Å². The largest absolute Gasteiger partial charge is 0.491 e. The molecule has 8 nitrogen and oxygen atoms in total. The first kappa shape index (κ1) is 26.5. The van der Waals surface area contributed by atoms with Crippen molar-refractivity contribution in [2.24, 2.45) is 11.8 Å². The maximum atomic E-state index is 13.8. The van der Waals surface area contributed by atoms with Crippen LogP contribution < -0.4 is 10.1 Å². The summed E-state index contributed by atoms with van der Waals surface area (Å²) in [5, 5.41) is 3.26. The maximum Gasteiger partial charge on any atom is 0.336 e. The van der Waals surface area contributed by atoms with Gasteiger partial charge in [0.05, 0.1) is 31.3 Å². The van der Waals surface area contributed by atoms with Gasteiger partial charge in [-0.3, -0.25) is 9.59 Å². The third-order valence-corrected chi connectivity index (χ3v) is 6.22. The fraction of sp³-hybridized carbons (Fsp3) is 0.519. The van der Waals surface area contributed by atoms with Gasteiger partial charge in [-0.05, 0) is 46.1 Å². The van der Waals surface area contributed by atoms with Gasteiger partial charge in [0, 0.05) is 29.1 Å². The van der Waals surface area contributed by atoms with Crippen molar-refractivity contribution in [1.29, 1.82) is 0 Å². The summed E-state index contributed by atoms with van der Waals surface area (Å²) in [4.78, 5) is 39.8. The molecule has 0 aromatic heterocycles. The molecule has 0 radical (unpaired) electrons. The second kappa shape index (κ2) is 11.5. The van der Waals surface area contributed by atoms with E-state index >= 15 is 0 Å². The molecule has 35 heavy (non-hydrogen) atoms. The Hall–Kier alpha value is -3.13. The number of para-hydroxylation sites is 1. The zero-order valence-corrected chi connectivity index (χ0v) is 21.3. The van der Waals surface area contributed by atoms with E-state index in [1.165, 1.54) is 7.11 Å². The number of dihydropyridines is 1. The lowest BCUT2D eigenvalue weighted by atomic mass is 9.69. The Morgan fingerprint density at radius 3 is 2.54 bits per heavy atom. The lowest BCUT2D eigenvalue weighted by Crippen LogP contribution is -2.43. The van der Waals surface area contributed by atoms with Crippen LogP contribution in [0.3, 0.4) is 0 Å². The maximum absolute atomic E-state index is 13.8. The van der Waals surface area contributed by atoms with E-state index in [1.807, 2.05) is 52.0 Å². The standard InChI is InChI=1S/C27H35NO7/c1-7-33-12-13-34-27(31)22-17(5)28-19-14-16(4)21(26(30)32-6)25(29)24(19)23(22)18-10-8-9-11-20(18)35-15(2)3/h8-11,15-16,21,23,28H,7,12-14H2,1-6H3/t16-,21+,23-/m1/s1. The number of hydrogen-bond acceptors (Lipinski definition) is 8. The zero-order valence-electron chi connectivity index (χ0n) is 21.3. The number of carbonyl (C=O) groups is 3. The molecule has 0 bridgehead atoms. The molecule has 0 saturated carbocycles. The molecule has 0 unspecified atom stereocenters. The minimum Gasteiger partial charge on any atom is -0.491 e. The van der Waals surface area contributed by atoms with Crippen molar-refractivity contribution in [2.45, 2.75) is 53.1 Å². The van der Waals surface area contributed by atoms with Gasteiger partial charge in [0.25, 0.3) is 0 Å². The van der Waals surface area contributed by atoms with Crippen LogP contribution in [0, 0.1) is 11.8 Å². The predicted octanol–water partition coefficient (Wildman–Crippen LogP) is 3.67. The Bertz CT molecular complexity index is 1040. The summed E-state index contributed by atoms with van der Waals surface area (Å²) in [7, 11) is 1.28. The smallest absolute Gasteiger partial charge is 0.336 e. The molecular formula is C27H35NO7. The van der Waals surface area contributed by atoms with Gasteiger partial charge >= 0.3 is 11.9 Å². The molecular weight excluding hydrogens is 450 g/mol. The number of Topliss-reactive ketones (excluding diaryl/α,β-unsaturated/α-hetero) is 1. The first-order valence-corrected chi connectivity index (χ1v) is 12.0. The number of hydrogen-bond donors (Lipinski definition) is 1. The summed E-state index contributed by atoms with van der Waals surface area (Å²) in [6.45, 7) is 10.2. The topological polar surface area (TPSA) is 100 Å². The number of ether oxygens (including phenoxy) is 4. The van der Waals surface area contributed by atoms with E-state index in [1.54, 1.807) is 6.92 Å². The normalized spacial score (nSPS) is 22.0. The minimum absolute atomic E-state index is 0.0853. The van der Waals surface area contributed by atoms with Gasteiger partial charge in [-0.25, -0.2) is 4.79 Å². The number of carbonyl (C=O) groups excluding carboxylic acids is 3. The van der Waals surface area contributed by atoms with Gasteiger partial charge in [0.2, 0.25) is 0 Å². The molecule has 1 aromatic carbocycles. The van der Waals surface area contributed by atoms with E-state index in [2.05, 4.69) is 5.32 Å². The summed E-state index contributed by atoms with van der Waals surface area (Å²) >= 11 is 0. The van der Waals surface area contributed by atoms with E-state index in [4.69, 9.17) is 18.9 Å². The fourth-order valence-electron chi connectivity index (χ4n) is 4.76. The molecule has 0 saturated heterocycles. The summed E-state index contributed by atoms with van der Waals surface area (Å²) in [6, 6.07) is 7.35. The second-order valence-corrected chi connectivity index (χ2v) is 9.07. The predicted molar refractivity (Wildman–Crippen MR) is 130 cm³/mol. The third kappa shape index (κ3) is 5.59. The van der Waals surface area contributed by atoms with Crippen molar-refractivity contribution in [3.05, 3.63) is 52.4 Å². The number of rotatable bonds is 9. The molecule has 190 valence electrons. The van der Waals surface area contributed by atoms with Gasteiger partial charge < -0.3 is 24.3 Å².